The van der Waals surface area contributed by atoms with Gasteiger partial charge >= 0.3 is 0 Å². The summed E-state index contributed by atoms with van der Waals surface area (Å²) in [6.07, 6.45) is 0.905. The van der Waals surface area contributed by atoms with Crippen LogP contribution in [0.5, 0.6) is 0 Å². The van der Waals surface area contributed by atoms with Crippen molar-refractivity contribution >= 4 is 16.5 Å². The second-order valence-corrected chi connectivity index (χ2v) is 6.38. The highest BCUT2D eigenvalue weighted by molar-refractivity contribution is 7.13. The van der Waals surface area contributed by atoms with Crippen LogP contribution in [-0.4, -0.2) is 12.0 Å². The third-order valence-electron chi connectivity index (χ3n) is 2.97. The van der Waals surface area contributed by atoms with E-state index in [1.165, 1.54) is 11.1 Å². The number of benzene rings is 1. The number of hydrogen-bond acceptors (Lipinski definition) is 3. The zero-order chi connectivity index (χ0) is 13.2. The Morgan fingerprint density at radius 2 is 1.83 bits per heavy atom. The summed E-state index contributed by atoms with van der Waals surface area (Å²) in [4.78, 5) is 4.50. The van der Waals surface area contributed by atoms with Crippen molar-refractivity contribution in [2.45, 2.75) is 32.6 Å². The van der Waals surface area contributed by atoms with Crippen molar-refractivity contribution in [3.63, 3.8) is 0 Å². The van der Waals surface area contributed by atoms with Gasteiger partial charge in [0.2, 0.25) is 0 Å². The highest BCUT2D eigenvalue weighted by atomic mass is 32.1. The van der Waals surface area contributed by atoms with Gasteiger partial charge in [-0.05, 0) is 16.5 Å². The van der Waals surface area contributed by atoms with Crippen LogP contribution < -0.4 is 5.32 Å². The van der Waals surface area contributed by atoms with Crippen LogP contribution in [0.1, 0.15) is 37.6 Å². The van der Waals surface area contributed by atoms with Gasteiger partial charge in [-0.25, -0.2) is 4.98 Å². The van der Waals surface area contributed by atoms with E-state index in [9.17, 15) is 0 Å². The molecule has 1 N–H and O–H groups in total. The first-order chi connectivity index (χ1) is 8.49. The molecule has 1 aromatic carbocycles. The molecule has 0 fully saturated rings. The first-order valence-corrected chi connectivity index (χ1v) is 7.08. The van der Waals surface area contributed by atoms with E-state index < -0.39 is 0 Å². The standard InChI is InChI=1S/C15H20N2S/c1-15(2,3)12-7-5-11(6-8-12)9-13-10-18-14(16-4)17-13/h5-8,10H,9H2,1-4H3,(H,16,17). The molecule has 0 radical (unpaired) electrons. The minimum Gasteiger partial charge on any atom is -0.365 e. The summed E-state index contributed by atoms with van der Waals surface area (Å²) in [5, 5.41) is 6.17. The molecular formula is C15H20N2S. The van der Waals surface area contributed by atoms with Crippen molar-refractivity contribution in [3.05, 3.63) is 46.5 Å². The molecule has 0 aliphatic rings. The average molecular weight is 260 g/mol. The molecule has 3 heteroatoms. The largest absolute Gasteiger partial charge is 0.365 e. The van der Waals surface area contributed by atoms with E-state index in [2.05, 4.69) is 60.7 Å². The highest BCUT2D eigenvalue weighted by Crippen LogP contribution is 2.23. The summed E-state index contributed by atoms with van der Waals surface area (Å²) in [6.45, 7) is 6.71. The first kappa shape index (κ1) is 13.1. The second kappa shape index (κ2) is 5.11. The Bertz CT molecular complexity index is 506. The Hall–Kier alpha value is -1.35. The minimum atomic E-state index is 0.221. The van der Waals surface area contributed by atoms with Gasteiger partial charge < -0.3 is 5.32 Å². The molecule has 2 rings (SSSR count). The summed E-state index contributed by atoms with van der Waals surface area (Å²) in [7, 11) is 1.90. The molecule has 0 saturated heterocycles. The molecule has 96 valence electrons. The van der Waals surface area contributed by atoms with Crippen molar-refractivity contribution in [1.82, 2.24) is 4.98 Å². The fourth-order valence-electron chi connectivity index (χ4n) is 1.83. The summed E-state index contributed by atoms with van der Waals surface area (Å²) in [6, 6.07) is 8.86. The summed E-state index contributed by atoms with van der Waals surface area (Å²) in [5.74, 6) is 0. The molecule has 0 bridgehead atoms. The normalized spacial score (nSPS) is 11.6. The summed E-state index contributed by atoms with van der Waals surface area (Å²) >= 11 is 1.65. The molecule has 18 heavy (non-hydrogen) atoms. The molecule has 2 aromatic rings. The molecule has 0 saturated carbocycles. The molecule has 1 aromatic heterocycles. The molecule has 0 amide bonds. The Balaban J connectivity index is 2.11. The van der Waals surface area contributed by atoms with Crippen LogP contribution in [0, 0.1) is 0 Å². The number of nitrogens with zero attached hydrogens (tertiary/aromatic N) is 1. The lowest BCUT2D eigenvalue weighted by atomic mass is 9.86. The monoisotopic (exact) mass is 260 g/mol. The van der Waals surface area contributed by atoms with Crippen molar-refractivity contribution in [2.75, 3.05) is 12.4 Å². The SMILES string of the molecule is CNc1nc(Cc2ccc(C(C)(C)C)cc2)cs1. The predicted molar refractivity (Wildman–Crippen MR) is 79.6 cm³/mol. The van der Waals surface area contributed by atoms with Crippen LogP contribution in [0.4, 0.5) is 5.13 Å². The number of rotatable bonds is 3. The van der Waals surface area contributed by atoms with Crippen LogP contribution >= 0.6 is 11.3 Å². The van der Waals surface area contributed by atoms with Crippen LogP contribution in [0.25, 0.3) is 0 Å². The van der Waals surface area contributed by atoms with E-state index in [0.29, 0.717) is 0 Å². The predicted octanol–water partition coefficient (Wildman–Crippen LogP) is 4.07. The van der Waals surface area contributed by atoms with Crippen molar-refractivity contribution in [3.8, 4) is 0 Å². The van der Waals surface area contributed by atoms with E-state index in [-0.39, 0.29) is 5.41 Å². The molecule has 0 aliphatic carbocycles. The topological polar surface area (TPSA) is 24.9 Å². The lowest BCUT2D eigenvalue weighted by molar-refractivity contribution is 0.590. The van der Waals surface area contributed by atoms with Gasteiger partial charge in [0.1, 0.15) is 0 Å². The molecule has 0 atom stereocenters. The highest BCUT2D eigenvalue weighted by Gasteiger charge is 2.12. The van der Waals surface area contributed by atoms with E-state index in [1.807, 2.05) is 7.05 Å². The van der Waals surface area contributed by atoms with Crippen LogP contribution in [-0.2, 0) is 11.8 Å². The zero-order valence-corrected chi connectivity index (χ0v) is 12.3. The molecule has 0 spiro atoms. The van der Waals surface area contributed by atoms with Gasteiger partial charge in [-0.15, -0.1) is 11.3 Å². The zero-order valence-electron chi connectivity index (χ0n) is 11.4. The van der Waals surface area contributed by atoms with E-state index in [0.717, 1.165) is 17.2 Å². The smallest absolute Gasteiger partial charge is 0.182 e. The Kier molecular flexibility index (Phi) is 3.71. The molecular weight excluding hydrogens is 240 g/mol. The van der Waals surface area contributed by atoms with Gasteiger partial charge in [0.25, 0.3) is 0 Å². The first-order valence-electron chi connectivity index (χ1n) is 6.20. The van der Waals surface area contributed by atoms with Crippen LogP contribution in [0.3, 0.4) is 0 Å². The van der Waals surface area contributed by atoms with Gasteiger partial charge in [0, 0.05) is 18.8 Å². The molecule has 2 nitrogen and oxygen atoms in total. The Morgan fingerprint density at radius 3 is 2.33 bits per heavy atom. The molecule has 1 heterocycles. The van der Waals surface area contributed by atoms with Crippen molar-refractivity contribution in [1.29, 1.82) is 0 Å². The van der Waals surface area contributed by atoms with E-state index in [1.54, 1.807) is 11.3 Å². The Labute approximate surface area is 113 Å². The summed E-state index contributed by atoms with van der Waals surface area (Å²) in [5.41, 5.74) is 4.04. The summed E-state index contributed by atoms with van der Waals surface area (Å²) < 4.78 is 0. The fourth-order valence-corrected chi connectivity index (χ4v) is 2.51. The van der Waals surface area contributed by atoms with Gasteiger partial charge in [-0.1, -0.05) is 45.0 Å². The van der Waals surface area contributed by atoms with Crippen LogP contribution in [0.15, 0.2) is 29.6 Å². The number of anilines is 1. The lowest BCUT2D eigenvalue weighted by Crippen LogP contribution is -2.10. The average Bonchev–Trinajstić information content (AvgIpc) is 2.76. The van der Waals surface area contributed by atoms with E-state index in [4.69, 9.17) is 0 Å². The maximum absolute atomic E-state index is 4.50. The number of aromatic nitrogens is 1. The third-order valence-corrected chi connectivity index (χ3v) is 3.88. The van der Waals surface area contributed by atoms with Gasteiger partial charge in [-0.2, -0.15) is 0 Å². The van der Waals surface area contributed by atoms with Crippen LogP contribution in [0.2, 0.25) is 0 Å². The lowest BCUT2D eigenvalue weighted by Gasteiger charge is -2.19. The molecule has 0 unspecified atom stereocenters. The minimum absolute atomic E-state index is 0.221. The fraction of sp³-hybridized carbons (Fsp3) is 0.400. The van der Waals surface area contributed by atoms with Crippen molar-refractivity contribution in [2.24, 2.45) is 0 Å². The number of nitrogens with one attached hydrogen (secondary N) is 1. The molecule has 0 aliphatic heterocycles. The van der Waals surface area contributed by atoms with Gasteiger partial charge in [-0.3, -0.25) is 0 Å². The van der Waals surface area contributed by atoms with Gasteiger partial charge in [0.15, 0.2) is 5.13 Å². The maximum Gasteiger partial charge on any atom is 0.182 e. The number of thiazole rings is 1. The second-order valence-electron chi connectivity index (χ2n) is 5.52. The quantitative estimate of drug-likeness (QED) is 0.899. The number of hydrogen-bond donors (Lipinski definition) is 1. The maximum atomic E-state index is 4.50. The van der Waals surface area contributed by atoms with Gasteiger partial charge in [0.05, 0.1) is 5.69 Å². The Morgan fingerprint density at radius 1 is 1.17 bits per heavy atom. The van der Waals surface area contributed by atoms with Crippen molar-refractivity contribution < 1.29 is 0 Å². The van der Waals surface area contributed by atoms with E-state index >= 15 is 0 Å². The third kappa shape index (κ3) is 3.10.